The fraction of sp³-hybridized carbons (Fsp3) is 0.550. The second-order valence-corrected chi connectivity index (χ2v) is 6.98. The molecule has 6 heteroatoms. The summed E-state index contributed by atoms with van der Waals surface area (Å²) in [5.41, 5.74) is 1.07. The number of β-amino-alcohol motifs (C(OH)–C–C–N with tert-alkyl or cyclic N) is 1. The van der Waals surface area contributed by atoms with Gasteiger partial charge in [0.05, 0.1) is 31.1 Å². The first kappa shape index (κ1) is 18.7. The van der Waals surface area contributed by atoms with Crippen LogP contribution in [0.15, 0.2) is 22.6 Å². The van der Waals surface area contributed by atoms with Crippen molar-refractivity contribution in [3.05, 3.63) is 29.7 Å². The molecular formula is C20H28N2O4. The molecule has 2 aromatic rings. The van der Waals surface area contributed by atoms with Gasteiger partial charge in [-0.25, -0.2) is 4.98 Å². The largest absolute Gasteiger partial charge is 0.497 e. The highest BCUT2D eigenvalue weighted by atomic mass is 16.5. The molecule has 0 spiro atoms. The molecule has 1 aromatic heterocycles. The van der Waals surface area contributed by atoms with Crippen molar-refractivity contribution in [2.75, 3.05) is 27.3 Å². The van der Waals surface area contributed by atoms with Crippen molar-refractivity contribution in [3.8, 4) is 23.0 Å². The van der Waals surface area contributed by atoms with Crippen molar-refractivity contribution in [2.24, 2.45) is 0 Å². The number of aliphatic hydroxyl groups is 1. The lowest BCUT2D eigenvalue weighted by Gasteiger charge is -2.38. The number of rotatable bonds is 6. The van der Waals surface area contributed by atoms with E-state index in [2.05, 4.69) is 4.90 Å². The van der Waals surface area contributed by atoms with Crippen LogP contribution in [0.4, 0.5) is 0 Å². The first-order valence-electron chi connectivity index (χ1n) is 9.11. The lowest BCUT2D eigenvalue weighted by atomic mass is 9.90. The molecule has 1 aliphatic heterocycles. The van der Waals surface area contributed by atoms with Crippen molar-refractivity contribution < 1.29 is 19.0 Å². The molecule has 3 rings (SSSR count). The third-order valence-corrected chi connectivity index (χ3v) is 5.20. The summed E-state index contributed by atoms with van der Waals surface area (Å²) in [6.45, 7) is 6.27. The van der Waals surface area contributed by atoms with Crippen LogP contribution in [0.2, 0.25) is 0 Å². The van der Waals surface area contributed by atoms with Crippen LogP contribution in [-0.4, -0.2) is 47.9 Å². The molecule has 6 nitrogen and oxygen atoms in total. The molecule has 1 aliphatic rings. The molecule has 1 N–H and O–H groups in total. The summed E-state index contributed by atoms with van der Waals surface area (Å²) in [5, 5.41) is 10.6. The topological polar surface area (TPSA) is 68.0 Å². The van der Waals surface area contributed by atoms with E-state index in [1.807, 2.05) is 32.0 Å². The number of hydrogen-bond acceptors (Lipinski definition) is 6. The van der Waals surface area contributed by atoms with Gasteiger partial charge < -0.3 is 19.0 Å². The number of hydrogen-bond donors (Lipinski definition) is 1. The highest BCUT2D eigenvalue weighted by molar-refractivity contribution is 5.65. The lowest BCUT2D eigenvalue weighted by Crippen LogP contribution is -2.47. The summed E-state index contributed by atoms with van der Waals surface area (Å²) in [5.74, 6) is 2.73. The Kier molecular flexibility index (Phi) is 5.53. The Labute approximate surface area is 154 Å². The van der Waals surface area contributed by atoms with Crippen LogP contribution in [0.5, 0.6) is 11.5 Å². The van der Waals surface area contributed by atoms with Crippen LogP contribution >= 0.6 is 0 Å². The Morgan fingerprint density at radius 3 is 2.81 bits per heavy atom. The third kappa shape index (κ3) is 3.86. The maximum atomic E-state index is 10.6. The van der Waals surface area contributed by atoms with Crippen LogP contribution in [-0.2, 0) is 6.54 Å². The Morgan fingerprint density at radius 2 is 2.12 bits per heavy atom. The van der Waals surface area contributed by atoms with E-state index in [0.717, 1.165) is 48.6 Å². The van der Waals surface area contributed by atoms with E-state index in [9.17, 15) is 5.11 Å². The fourth-order valence-corrected chi connectivity index (χ4v) is 3.51. The van der Waals surface area contributed by atoms with Crippen LogP contribution < -0.4 is 9.47 Å². The maximum absolute atomic E-state index is 10.6. The highest BCUT2D eigenvalue weighted by Gasteiger charge is 2.32. The number of likely N-dealkylation sites (tertiary alicyclic amines) is 1. The minimum atomic E-state index is -0.589. The molecule has 26 heavy (non-hydrogen) atoms. The maximum Gasteiger partial charge on any atom is 0.230 e. The smallest absolute Gasteiger partial charge is 0.230 e. The average molecular weight is 360 g/mol. The summed E-state index contributed by atoms with van der Waals surface area (Å²) in [4.78, 5) is 6.96. The van der Waals surface area contributed by atoms with Crippen LogP contribution in [0, 0.1) is 6.92 Å². The minimum absolute atomic E-state index is 0.524. The molecule has 0 radical (unpaired) electrons. The number of aromatic nitrogens is 1. The SMILES string of the molecule is CC[C@]1(O)CCCN(Cc2nc(-c3cc(OC)ccc3OC)oc2C)C1. The normalized spacial score (nSPS) is 21.0. The number of nitrogens with zero attached hydrogens (tertiary/aromatic N) is 2. The molecule has 1 saturated heterocycles. The lowest BCUT2D eigenvalue weighted by molar-refractivity contribution is -0.0361. The number of aryl methyl sites for hydroxylation is 1. The van der Waals surface area contributed by atoms with Gasteiger partial charge in [0.2, 0.25) is 5.89 Å². The molecule has 0 unspecified atom stereocenters. The van der Waals surface area contributed by atoms with Crippen molar-refractivity contribution in [3.63, 3.8) is 0 Å². The number of methoxy groups -OCH3 is 2. The summed E-state index contributed by atoms with van der Waals surface area (Å²) in [6, 6.07) is 5.56. The van der Waals surface area contributed by atoms with Crippen molar-refractivity contribution in [1.82, 2.24) is 9.88 Å². The average Bonchev–Trinajstić information content (AvgIpc) is 3.01. The van der Waals surface area contributed by atoms with E-state index < -0.39 is 5.60 Å². The number of piperidine rings is 1. The van der Waals surface area contributed by atoms with Crippen molar-refractivity contribution in [2.45, 2.75) is 45.3 Å². The monoisotopic (exact) mass is 360 g/mol. The first-order valence-corrected chi connectivity index (χ1v) is 9.11. The van der Waals surface area contributed by atoms with Gasteiger partial charge >= 0.3 is 0 Å². The van der Waals surface area contributed by atoms with E-state index >= 15 is 0 Å². The predicted octanol–water partition coefficient (Wildman–Crippen LogP) is 3.40. The molecule has 0 aliphatic carbocycles. The fourth-order valence-electron chi connectivity index (χ4n) is 3.51. The molecule has 1 aromatic carbocycles. The van der Waals surface area contributed by atoms with E-state index in [-0.39, 0.29) is 0 Å². The second-order valence-electron chi connectivity index (χ2n) is 6.98. The molecular weight excluding hydrogens is 332 g/mol. The van der Waals surface area contributed by atoms with Gasteiger partial charge in [-0.3, -0.25) is 4.90 Å². The molecule has 0 saturated carbocycles. The predicted molar refractivity (Wildman–Crippen MR) is 99.5 cm³/mol. The zero-order chi connectivity index (χ0) is 18.7. The zero-order valence-electron chi connectivity index (χ0n) is 16.0. The van der Waals surface area contributed by atoms with E-state index in [1.165, 1.54) is 0 Å². The molecule has 0 amide bonds. The quantitative estimate of drug-likeness (QED) is 0.851. The van der Waals surface area contributed by atoms with Gasteiger partial charge in [0.25, 0.3) is 0 Å². The molecule has 1 atom stereocenters. The molecule has 2 heterocycles. The van der Waals surface area contributed by atoms with Gasteiger partial charge in [-0.1, -0.05) is 6.92 Å². The van der Waals surface area contributed by atoms with E-state index in [1.54, 1.807) is 14.2 Å². The molecule has 142 valence electrons. The van der Waals surface area contributed by atoms with Gasteiger partial charge in [-0.2, -0.15) is 0 Å². The van der Waals surface area contributed by atoms with Crippen molar-refractivity contribution in [1.29, 1.82) is 0 Å². The molecule has 1 fully saturated rings. The second kappa shape index (κ2) is 7.68. The Bertz CT molecular complexity index is 758. The van der Waals surface area contributed by atoms with Crippen LogP contribution in [0.3, 0.4) is 0 Å². The Balaban J connectivity index is 1.84. The summed E-state index contributed by atoms with van der Waals surface area (Å²) in [7, 11) is 3.25. The summed E-state index contributed by atoms with van der Waals surface area (Å²) in [6.07, 6.45) is 2.63. The number of ether oxygens (including phenoxy) is 2. The van der Waals surface area contributed by atoms with Gasteiger partial charge in [-0.15, -0.1) is 0 Å². The molecule has 0 bridgehead atoms. The highest BCUT2D eigenvalue weighted by Crippen LogP contribution is 2.34. The van der Waals surface area contributed by atoms with E-state index in [0.29, 0.717) is 24.7 Å². The first-order chi connectivity index (χ1) is 12.5. The number of benzene rings is 1. The van der Waals surface area contributed by atoms with Gasteiger partial charge in [0.15, 0.2) is 0 Å². The third-order valence-electron chi connectivity index (χ3n) is 5.20. The van der Waals surface area contributed by atoms with Gasteiger partial charge in [0.1, 0.15) is 17.3 Å². The zero-order valence-corrected chi connectivity index (χ0v) is 16.0. The van der Waals surface area contributed by atoms with Gasteiger partial charge in [-0.05, 0) is 50.9 Å². The standard InChI is InChI=1S/C20H28N2O4/c1-5-20(23)9-6-10-22(13-20)12-17-14(2)26-19(21-17)16-11-15(24-3)7-8-18(16)25-4/h7-8,11,23H,5-6,9-10,12-13H2,1-4H3/t20-/m0/s1. The van der Waals surface area contributed by atoms with Crippen molar-refractivity contribution >= 4 is 0 Å². The Hall–Kier alpha value is -2.05. The minimum Gasteiger partial charge on any atom is -0.497 e. The summed E-state index contributed by atoms with van der Waals surface area (Å²) >= 11 is 0. The van der Waals surface area contributed by atoms with Gasteiger partial charge in [0, 0.05) is 13.1 Å². The number of oxazole rings is 1. The van der Waals surface area contributed by atoms with Crippen LogP contribution in [0.25, 0.3) is 11.5 Å². The summed E-state index contributed by atoms with van der Waals surface area (Å²) < 4.78 is 16.7. The van der Waals surface area contributed by atoms with E-state index in [4.69, 9.17) is 18.9 Å². The Morgan fingerprint density at radius 1 is 1.31 bits per heavy atom. The van der Waals surface area contributed by atoms with Crippen LogP contribution in [0.1, 0.15) is 37.6 Å².